The summed E-state index contributed by atoms with van der Waals surface area (Å²) in [6.45, 7) is -0.222. The number of fused-ring (bicyclic) bond motifs is 2. The molecule has 3 aromatic carbocycles. The first-order valence-electron chi connectivity index (χ1n) is 12.0. The lowest BCUT2D eigenvalue weighted by Crippen LogP contribution is -2.33. The first kappa shape index (κ1) is 25.9. The molecule has 196 valence electrons. The normalized spacial score (nSPS) is 20.1. The van der Waals surface area contributed by atoms with Gasteiger partial charge in [0.2, 0.25) is 17.7 Å². The van der Waals surface area contributed by atoms with E-state index in [4.69, 9.17) is 23.2 Å². The first-order chi connectivity index (χ1) is 18.8. The van der Waals surface area contributed by atoms with Gasteiger partial charge in [-0.15, -0.1) is 0 Å². The van der Waals surface area contributed by atoms with Gasteiger partial charge in [-0.1, -0.05) is 76.6 Å². The standard InChI is InChI=1S/C28H19Cl2N3O4S2/c29-16-8-6-15(7-9-16)21-22-23(26(36)33(25(22)35)19-12-10-17(30)11-13-19)38-27-24(21)39-28(37)32(27)14-20(34)31-18-4-2-1-3-5-18/h1-13,21-23H,14H2,(H,31,34)/t21-,22-,23+/m0/s1. The van der Waals surface area contributed by atoms with Gasteiger partial charge in [-0.3, -0.25) is 23.7 Å². The van der Waals surface area contributed by atoms with Crippen LogP contribution >= 0.6 is 46.3 Å². The van der Waals surface area contributed by atoms with Gasteiger partial charge in [0.15, 0.2) is 0 Å². The summed E-state index contributed by atoms with van der Waals surface area (Å²) in [5.74, 6) is -2.39. The lowest BCUT2D eigenvalue weighted by molar-refractivity contribution is -0.122. The Balaban J connectivity index is 1.42. The van der Waals surface area contributed by atoms with E-state index < -0.39 is 17.1 Å². The monoisotopic (exact) mass is 595 g/mol. The maximum Gasteiger partial charge on any atom is 0.308 e. The molecule has 0 unspecified atom stereocenters. The molecule has 7 nitrogen and oxygen atoms in total. The summed E-state index contributed by atoms with van der Waals surface area (Å²) in [5, 5.41) is 3.56. The third-order valence-electron chi connectivity index (χ3n) is 6.72. The molecule has 3 heterocycles. The minimum Gasteiger partial charge on any atom is -0.325 e. The Hall–Kier alpha value is -3.37. The molecule has 0 radical (unpaired) electrons. The highest BCUT2D eigenvalue weighted by molar-refractivity contribution is 8.00. The highest BCUT2D eigenvalue weighted by Crippen LogP contribution is 2.54. The van der Waals surface area contributed by atoms with E-state index in [2.05, 4.69) is 5.32 Å². The summed E-state index contributed by atoms with van der Waals surface area (Å²) in [4.78, 5) is 55.2. The van der Waals surface area contributed by atoms with Gasteiger partial charge in [0, 0.05) is 26.5 Å². The van der Waals surface area contributed by atoms with Crippen LogP contribution in [-0.2, 0) is 20.9 Å². The van der Waals surface area contributed by atoms with Gasteiger partial charge in [0.1, 0.15) is 11.8 Å². The number of carbonyl (C=O) groups excluding carboxylic acids is 3. The third-order valence-corrected chi connectivity index (χ3v) is 9.83. The Labute approximate surface area is 241 Å². The number of amides is 3. The van der Waals surface area contributed by atoms with Crippen LogP contribution in [0.25, 0.3) is 0 Å². The van der Waals surface area contributed by atoms with Crippen LogP contribution in [0.3, 0.4) is 0 Å². The largest absolute Gasteiger partial charge is 0.325 e. The van der Waals surface area contributed by atoms with Crippen LogP contribution in [-0.4, -0.2) is 27.5 Å². The molecule has 6 rings (SSSR count). The Morgan fingerprint density at radius 2 is 1.49 bits per heavy atom. The number of rotatable bonds is 5. The summed E-state index contributed by atoms with van der Waals surface area (Å²) in [7, 11) is 0. The maximum absolute atomic E-state index is 13.9. The van der Waals surface area contributed by atoms with Crippen molar-refractivity contribution in [1.29, 1.82) is 0 Å². The Kier molecular flexibility index (Phi) is 6.84. The lowest BCUT2D eigenvalue weighted by Gasteiger charge is -2.30. The van der Waals surface area contributed by atoms with E-state index in [1.54, 1.807) is 60.7 Å². The predicted molar refractivity (Wildman–Crippen MR) is 154 cm³/mol. The van der Waals surface area contributed by atoms with Gasteiger partial charge in [-0.25, -0.2) is 4.90 Å². The fourth-order valence-corrected chi connectivity index (χ4v) is 8.02. The zero-order valence-electron chi connectivity index (χ0n) is 20.0. The average molecular weight is 597 g/mol. The van der Waals surface area contributed by atoms with Crippen LogP contribution in [0.4, 0.5) is 11.4 Å². The van der Waals surface area contributed by atoms with Crippen molar-refractivity contribution in [3.8, 4) is 0 Å². The van der Waals surface area contributed by atoms with Crippen LogP contribution in [0, 0.1) is 5.92 Å². The molecule has 0 aliphatic carbocycles. The van der Waals surface area contributed by atoms with Crippen molar-refractivity contribution < 1.29 is 14.4 Å². The van der Waals surface area contributed by atoms with E-state index in [1.165, 1.54) is 21.2 Å². The number of thioether (sulfide) groups is 1. The molecular formula is C28H19Cl2N3O4S2. The topological polar surface area (TPSA) is 88.5 Å². The number of anilines is 2. The molecule has 1 saturated heterocycles. The van der Waals surface area contributed by atoms with E-state index >= 15 is 0 Å². The fraction of sp³-hybridized carbons (Fsp3) is 0.143. The van der Waals surface area contributed by atoms with E-state index in [0.29, 0.717) is 31.3 Å². The molecule has 2 aliphatic rings. The second-order valence-electron chi connectivity index (χ2n) is 9.12. The number of thiazole rings is 1. The van der Waals surface area contributed by atoms with Crippen molar-refractivity contribution in [1.82, 2.24) is 4.57 Å². The average Bonchev–Trinajstić information content (AvgIpc) is 3.36. The number of hydrogen-bond donors (Lipinski definition) is 1. The van der Waals surface area contributed by atoms with Gasteiger partial charge >= 0.3 is 4.87 Å². The third kappa shape index (κ3) is 4.69. The molecule has 3 amide bonds. The number of nitrogens with one attached hydrogen (secondary N) is 1. The number of para-hydroxylation sites is 1. The van der Waals surface area contributed by atoms with Crippen LogP contribution in [0.2, 0.25) is 10.0 Å². The molecule has 1 aromatic heterocycles. The van der Waals surface area contributed by atoms with Crippen molar-refractivity contribution in [3.05, 3.63) is 109 Å². The maximum atomic E-state index is 13.9. The van der Waals surface area contributed by atoms with Crippen LogP contribution in [0.15, 0.2) is 88.7 Å². The minimum absolute atomic E-state index is 0.222. The van der Waals surface area contributed by atoms with E-state index in [9.17, 15) is 19.2 Å². The van der Waals surface area contributed by atoms with E-state index in [0.717, 1.165) is 16.9 Å². The quantitative estimate of drug-likeness (QED) is 0.301. The van der Waals surface area contributed by atoms with Crippen LogP contribution in [0.1, 0.15) is 16.4 Å². The molecular weight excluding hydrogens is 577 g/mol. The summed E-state index contributed by atoms with van der Waals surface area (Å²) < 4.78 is 1.39. The molecule has 39 heavy (non-hydrogen) atoms. The highest BCUT2D eigenvalue weighted by atomic mass is 35.5. The molecule has 3 atom stereocenters. The molecule has 11 heteroatoms. The first-order valence-corrected chi connectivity index (χ1v) is 14.4. The second-order valence-corrected chi connectivity index (χ2v) is 12.1. The SMILES string of the molecule is O=C(Cn1c2c(sc1=O)[C@@H](c1ccc(Cl)cc1)[C@@H]1C(=O)N(c3ccc(Cl)cc3)C(=O)[C@@H]1S2)Nc1ccccc1. The fourth-order valence-electron chi connectivity index (χ4n) is 4.99. The minimum atomic E-state index is -0.779. The Bertz CT molecular complexity index is 1650. The highest BCUT2D eigenvalue weighted by Gasteiger charge is 2.56. The van der Waals surface area contributed by atoms with Crippen LogP contribution < -0.4 is 15.1 Å². The van der Waals surface area contributed by atoms with Crippen molar-refractivity contribution >= 4 is 75.4 Å². The smallest absolute Gasteiger partial charge is 0.308 e. The number of carbonyl (C=O) groups is 3. The van der Waals surface area contributed by atoms with Crippen molar-refractivity contribution in [2.75, 3.05) is 10.2 Å². The zero-order valence-corrected chi connectivity index (χ0v) is 23.2. The van der Waals surface area contributed by atoms with Crippen molar-refractivity contribution in [2.45, 2.75) is 22.7 Å². The molecule has 1 N–H and O–H groups in total. The van der Waals surface area contributed by atoms with Gasteiger partial charge in [0.25, 0.3) is 0 Å². The Morgan fingerprint density at radius 1 is 0.846 bits per heavy atom. The van der Waals surface area contributed by atoms with Crippen molar-refractivity contribution in [2.24, 2.45) is 5.92 Å². The Morgan fingerprint density at radius 3 is 2.15 bits per heavy atom. The number of aromatic nitrogens is 1. The molecule has 0 bridgehead atoms. The lowest BCUT2D eigenvalue weighted by atomic mass is 9.83. The van der Waals surface area contributed by atoms with Gasteiger partial charge < -0.3 is 5.32 Å². The molecule has 4 aromatic rings. The second kappa shape index (κ2) is 10.3. The van der Waals surface area contributed by atoms with Crippen LogP contribution in [0.5, 0.6) is 0 Å². The molecule has 0 saturated carbocycles. The van der Waals surface area contributed by atoms with Gasteiger partial charge in [-0.05, 0) is 54.1 Å². The molecule has 1 fully saturated rings. The summed E-state index contributed by atoms with van der Waals surface area (Å²) in [6.07, 6.45) is 0. The summed E-state index contributed by atoms with van der Waals surface area (Å²) in [5.41, 5.74) is 1.81. The molecule has 2 aliphatic heterocycles. The number of hydrogen-bond acceptors (Lipinski definition) is 6. The number of benzene rings is 3. The number of nitrogens with zero attached hydrogens (tertiary/aromatic N) is 2. The summed E-state index contributed by atoms with van der Waals surface area (Å²) in [6, 6.07) is 22.5. The van der Waals surface area contributed by atoms with E-state index in [1.807, 2.05) is 18.2 Å². The van der Waals surface area contributed by atoms with Gasteiger partial charge in [0.05, 0.1) is 16.6 Å². The predicted octanol–water partition coefficient (Wildman–Crippen LogP) is 5.65. The van der Waals surface area contributed by atoms with Crippen molar-refractivity contribution in [3.63, 3.8) is 0 Å². The number of imide groups is 1. The summed E-state index contributed by atoms with van der Waals surface area (Å²) >= 11 is 14.3. The zero-order chi connectivity index (χ0) is 27.3. The van der Waals surface area contributed by atoms with E-state index in [-0.39, 0.29) is 29.1 Å². The number of halogens is 2. The molecule has 0 spiro atoms. The van der Waals surface area contributed by atoms with Gasteiger partial charge in [-0.2, -0.15) is 0 Å².